The minimum Gasteiger partial charge on any atom is -0.322 e. The summed E-state index contributed by atoms with van der Waals surface area (Å²) in [4.78, 5) is 31.7. The molecule has 0 aliphatic carbocycles. The van der Waals surface area contributed by atoms with E-state index in [0.29, 0.717) is 17.2 Å². The number of nitrogens with zero attached hydrogens (tertiary/aromatic N) is 1. The van der Waals surface area contributed by atoms with Gasteiger partial charge >= 0.3 is 0 Å². The van der Waals surface area contributed by atoms with Crippen molar-refractivity contribution in [1.29, 1.82) is 0 Å². The number of hydrogen-bond donors (Lipinski definition) is 2. The molecule has 116 valence electrons. The lowest BCUT2D eigenvalue weighted by atomic mass is 9.95. The highest BCUT2D eigenvalue weighted by atomic mass is 127. The number of halogens is 1. The molecule has 1 aromatic carbocycles. The largest absolute Gasteiger partial charge is 0.322 e. The molecule has 0 atom stereocenters. The smallest absolute Gasteiger partial charge is 0.264 e. The zero-order chi connectivity index (χ0) is 16.5. The van der Waals surface area contributed by atoms with Crippen molar-refractivity contribution in [2.45, 2.75) is 33.1 Å². The predicted molar refractivity (Wildman–Crippen MR) is 95.4 cm³/mol. The fraction of sp³-hybridized carbons (Fsp3) is 0.312. The topological polar surface area (TPSA) is 74.8 Å². The Balaban J connectivity index is 2.37. The summed E-state index contributed by atoms with van der Waals surface area (Å²) in [5, 5.41) is 2.74. The van der Waals surface area contributed by atoms with Crippen LogP contribution in [-0.2, 0) is 5.41 Å². The van der Waals surface area contributed by atoms with Crippen LogP contribution in [0.15, 0.2) is 29.1 Å². The predicted octanol–water partition coefficient (Wildman–Crippen LogP) is 3.23. The van der Waals surface area contributed by atoms with Crippen LogP contribution >= 0.6 is 22.6 Å². The third-order valence-corrected chi connectivity index (χ3v) is 3.79. The van der Waals surface area contributed by atoms with Gasteiger partial charge in [0.2, 0.25) is 0 Å². The minimum absolute atomic E-state index is 0.0480. The molecule has 0 unspecified atom stereocenters. The van der Waals surface area contributed by atoms with E-state index < -0.39 is 11.5 Å². The van der Waals surface area contributed by atoms with E-state index in [4.69, 9.17) is 0 Å². The van der Waals surface area contributed by atoms with Gasteiger partial charge in [-0.1, -0.05) is 26.8 Å². The summed E-state index contributed by atoms with van der Waals surface area (Å²) < 4.78 is 1.00. The maximum absolute atomic E-state index is 12.4. The maximum Gasteiger partial charge on any atom is 0.264 e. The average Bonchev–Trinajstić information content (AvgIpc) is 2.36. The Morgan fingerprint density at radius 1 is 1.32 bits per heavy atom. The first-order valence-corrected chi connectivity index (χ1v) is 7.94. The molecule has 0 saturated carbocycles. The van der Waals surface area contributed by atoms with Gasteiger partial charge in [-0.25, -0.2) is 4.98 Å². The molecule has 1 amide bonds. The fourth-order valence-electron chi connectivity index (χ4n) is 1.97. The Morgan fingerprint density at radius 2 is 2.00 bits per heavy atom. The van der Waals surface area contributed by atoms with Gasteiger partial charge in [0.05, 0.1) is 5.69 Å². The second-order valence-corrected chi connectivity index (χ2v) is 7.34. The molecule has 0 aliphatic rings. The van der Waals surface area contributed by atoms with Crippen LogP contribution in [0.1, 0.15) is 42.6 Å². The summed E-state index contributed by atoms with van der Waals surface area (Å²) in [6.07, 6.45) is 0. The van der Waals surface area contributed by atoms with Gasteiger partial charge in [0.1, 0.15) is 11.4 Å². The van der Waals surface area contributed by atoms with Crippen LogP contribution in [0.25, 0.3) is 0 Å². The Kier molecular flexibility index (Phi) is 4.69. The molecule has 0 aliphatic heterocycles. The van der Waals surface area contributed by atoms with Crippen molar-refractivity contribution < 1.29 is 4.79 Å². The minimum atomic E-state index is -0.450. The zero-order valence-electron chi connectivity index (χ0n) is 13.0. The second-order valence-electron chi connectivity index (χ2n) is 6.09. The number of carbonyl (C=O) groups is 1. The van der Waals surface area contributed by atoms with E-state index in [1.807, 2.05) is 39.0 Å². The highest BCUT2D eigenvalue weighted by Gasteiger charge is 2.22. The number of carbonyl (C=O) groups excluding carboxylic acids is 1. The summed E-state index contributed by atoms with van der Waals surface area (Å²) in [6.45, 7) is 7.54. The molecule has 2 rings (SSSR count). The number of nitrogens with one attached hydrogen (secondary N) is 2. The zero-order valence-corrected chi connectivity index (χ0v) is 15.1. The van der Waals surface area contributed by atoms with Crippen molar-refractivity contribution in [2.75, 3.05) is 5.32 Å². The van der Waals surface area contributed by atoms with E-state index in [0.717, 1.165) is 3.57 Å². The van der Waals surface area contributed by atoms with E-state index in [2.05, 4.69) is 37.9 Å². The SMILES string of the molecule is Cc1nc(C(C)(C)C)[nH]c(=O)c1C(=O)Nc1cccc(I)c1. The van der Waals surface area contributed by atoms with E-state index in [1.54, 1.807) is 13.0 Å². The number of hydrogen-bond acceptors (Lipinski definition) is 3. The molecule has 1 aromatic heterocycles. The normalized spacial score (nSPS) is 11.3. The monoisotopic (exact) mass is 411 g/mol. The average molecular weight is 411 g/mol. The number of H-pyrrole nitrogens is 1. The van der Waals surface area contributed by atoms with E-state index in [9.17, 15) is 9.59 Å². The van der Waals surface area contributed by atoms with Crippen molar-refractivity contribution in [3.63, 3.8) is 0 Å². The van der Waals surface area contributed by atoms with Gasteiger partial charge in [-0.3, -0.25) is 9.59 Å². The quantitative estimate of drug-likeness (QED) is 0.746. The molecule has 0 radical (unpaired) electrons. The molecule has 5 nitrogen and oxygen atoms in total. The molecule has 0 bridgehead atoms. The molecule has 22 heavy (non-hydrogen) atoms. The Morgan fingerprint density at radius 3 is 2.55 bits per heavy atom. The Hall–Kier alpha value is -1.70. The fourth-order valence-corrected chi connectivity index (χ4v) is 2.51. The first kappa shape index (κ1) is 16.7. The molecule has 2 N–H and O–H groups in total. The van der Waals surface area contributed by atoms with Crippen LogP contribution in [0, 0.1) is 10.5 Å². The van der Waals surface area contributed by atoms with Crippen molar-refractivity contribution >= 4 is 34.2 Å². The van der Waals surface area contributed by atoms with Gasteiger partial charge in [-0.05, 0) is 47.7 Å². The van der Waals surface area contributed by atoms with E-state index in [1.165, 1.54) is 0 Å². The highest BCUT2D eigenvalue weighted by Crippen LogP contribution is 2.18. The van der Waals surface area contributed by atoms with Crippen LogP contribution < -0.4 is 10.9 Å². The third-order valence-electron chi connectivity index (χ3n) is 3.12. The maximum atomic E-state index is 12.4. The van der Waals surface area contributed by atoms with E-state index in [-0.39, 0.29) is 11.0 Å². The molecular formula is C16H18IN3O2. The summed E-state index contributed by atoms with van der Waals surface area (Å²) >= 11 is 2.16. The molecule has 0 spiro atoms. The van der Waals surface area contributed by atoms with Crippen LogP contribution in [-0.4, -0.2) is 15.9 Å². The molecule has 0 fully saturated rings. The van der Waals surface area contributed by atoms with Gasteiger partial charge < -0.3 is 10.3 Å². The van der Waals surface area contributed by atoms with Crippen LogP contribution in [0.2, 0.25) is 0 Å². The van der Waals surface area contributed by atoms with E-state index >= 15 is 0 Å². The van der Waals surface area contributed by atoms with Crippen molar-refractivity contribution in [3.8, 4) is 0 Å². The second kappa shape index (κ2) is 6.20. The number of anilines is 1. The lowest BCUT2D eigenvalue weighted by molar-refractivity contribution is 0.102. The van der Waals surface area contributed by atoms with Crippen LogP contribution in [0.3, 0.4) is 0 Å². The number of aromatic nitrogens is 2. The first-order valence-electron chi connectivity index (χ1n) is 6.87. The van der Waals surface area contributed by atoms with Gasteiger partial charge in [0, 0.05) is 14.7 Å². The lowest BCUT2D eigenvalue weighted by Crippen LogP contribution is -2.30. The standard InChI is InChI=1S/C16H18IN3O2/c1-9-12(14(22)20-15(18-9)16(2,3)4)13(21)19-11-7-5-6-10(17)8-11/h5-8H,1-4H3,(H,19,21)(H,18,20,22). The number of aromatic amines is 1. The number of aryl methyl sites for hydroxylation is 1. The van der Waals surface area contributed by atoms with Gasteiger partial charge in [0.25, 0.3) is 11.5 Å². The van der Waals surface area contributed by atoms with Gasteiger partial charge in [-0.2, -0.15) is 0 Å². The molecule has 6 heteroatoms. The van der Waals surface area contributed by atoms with Crippen LogP contribution in [0.4, 0.5) is 5.69 Å². The van der Waals surface area contributed by atoms with Gasteiger partial charge in [0.15, 0.2) is 0 Å². The third kappa shape index (κ3) is 3.73. The molecule has 1 heterocycles. The summed E-state index contributed by atoms with van der Waals surface area (Å²) in [5.74, 6) is 0.120. The summed E-state index contributed by atoms with van der Waals surface area (Å²) in [7, 11) is 0. The van der Waals surface area contributed by atoms with Crippen LogP contribution in [0.5, 0.6) is 0 Å². The van der Waals surface area contributed by atoms with Crippen molar-refractivity contribution in [2.24, 2.45) is 0 Å². The molecule has 0 saturated heterocycles. The Labute approximate surface area is 142 Å². The van der Waals surface area contributed by atoms with Crippen molar-refractivity contribution in [1.82, 2.24) is 9.97 Å². The number of rotatable bonds is 2. The van der Waals surface area contributed by atoms with Gasteiger partial charge in [-0.15, -0.1) is 0 Å². The molecular weight excluding hydrogens is 393 g/mol. The summed E-state index contributed by atoms with van der Waals surface area (Å²) in [6, 6.07) is 7.38. The number of amides is 1. The number of benzene rings is 1. The highest BCUT2D eigenvalue weighted by molar-refractivity contribution is 14.1. The van der Waals surface area contributed by atoms with Crippen molar-refractivity contribution in [3.05, 3.63) is 55.3 Å². The first-order chi connectivity index (χ1) is 10.2. The molecule has 2 aromatic rings. The Bertz CT molecular complexity index is 776. The lowest BCUT2D eigenvalue weighted by Gasteiger charge is -2.18. The summed E-state index contributed by atoms with van der Waals surface area (Å²) in [5.41, 5.74) is 0.425.